The molecule has 3 aromatic carbocycles. The third-order valence-electron chi connectivity index (χ3n) is 4.68. The summed E-state index contributed by atoms with van der Waals surface area (Å²) in [7, 11) is 3.16. The Morgan fingerprint density at radius 1 is 1.00 bits per heavy atom. The average molecular weight is 418 g/mol. The number of rotatable bonds is 7. The van der Waals surface area contributed by atoms with Crippen molar-refractivity contribution in [1.29, 1.82) is 0 Å². The van der Waals surface area contributed by atoms with Gasteiger partial charge in [-0.3, -0.25) is 4.79 Å². The highest BCUT2D eigenvalue weighted by atomic mass is 16.5. The monoisotopic (exact) mass is 418 g/mol. The van der Waals surface area contributed by atoms with Crippen molar-refractivity contribution in [3.05, 3.63) is 66.2 Å². The van der Waals surface area contributed by atoms with E-state index in [2.05, 4.69) is 10.3 Å². The second kappa shape index (κ2) is 8.79. The normalized spacial score (nSPS) is 10.7. The Kier molecular flexibility index (Phi) is 5.75. The van der Waals surface area contributed by atoms with Crippen molar-refractivity contribution >= 4 is 22.7 Å². The molecule has 0 fully saturated rings. The van der Waals surface area contributed by atoms with Crippen LogP contribution in [0.25, 0.3) is 22.6 Å². The largest absolute Gasteiger partial charge is 0.494 e. The van der Waals surface area contributed by atoms with Crippen molar-refractivity contribution in [3.8, 4) is 28.7 Å². The van der Waals surface area contributed by atoms with Crippen molar-refractivity contribution in [2.75, 3.05) is 26.1 Å². The SMILES string of the molecule is CCOc1cccc(C(=O)Nc2ccc3oc(-c4ccc(OC)c(OC)c4)nc3c2)c1. The van der Waals surface area contributed by atoms with E-state index in [-0.39, 0.29) is 5.91 Å². The molecule has 0 aliphatic carbocycles. The summed E-state index contributed by atoms with van der Waals surface area (Å²) < 4.78 is 22.0. The average Bonchev–Trinajstić information content (AvgIpc) is 3.22. The molecule has 0 saturated heterocycles. The van der Waals surface area contributed by atoms with E-state index in [9.17, 15) is 4.79 Å². The van der Waals surface area contributed by atoms with Gasteiger partial charge in [0.05, 0.1) is 20.8 Å². The number of nitrogens with zero attached hydrogens (tertiary/aromatic N) is 1. The number of hydrogen-bond donors (Lipinski definition) is 1. The summed E-state index contributed by atoms with van der Waals surface area (Å²) in [5, 5.41) is 2.89. The summed E-state index contributed by atoms with van der Waals surface area (Å²) >= 11 is 0. The smallest absolute Gasteiger partial charge is 0.255 e. The fourth-order valence-electron chi connectivity index (χ4n) is 3.19. The van der Waals surface area contributed by atoms with Crippen molar-refractivity contribution in [3.63, 3.8) is 0 Å². The number of carbonyl (C=O) groups is 1. The van der Waals surface area contributed by atoms with Crippen LogP contribution in [-0.2, 0) is 0 Å². The van der Waals surface area contributed by atoms with Crippen LogP contribution in [0.3, 0.4) is 0 Å². The number of methoxy groups -OCH3 is 2. The first-order valence-corrected chi connectivity index (χ1v) is 9.78. The summed E-state index contributed by atoms with van der Waals surface area (Å²) in [5.41, 5.74) is 3.13. The predicted octanol–water partition coefficient (Wildman–Crippen LogP) is 5.16. The topological polar surface area (TPSA) is 82.8 Å². The Morgan fingerprint density at radius 3 is 2.61 bits per heavy atom. The second-order valence-electron chi connectivity index (χ2n) is 6.69. The van der Waals surface area contributed by atoms with Gasteiger partial charge >= 0.3 is 0 Å². The van der Waals surface area contributed by atoms with E-state index in [0.29, 0.717) is 52.1 Å². The number of nitrogens with one attached hydrogen (secondary N) is 1. The van der Waals surface area contributed by atoms with Crippen LogP contribution in [0, 0.1) is 0 Å². The number of hydrogen-bond acceptors (Lipinski definition) is 6. The van der Waals surface area contributed by atoms with E-state index in [4.69, 9.17) is 18.6 Å². The number of aromatic nitrogens is 1. The van der Waals surface area contributed by atoms with Crippen molar-refractivity contribution in [2.45, 2.75) is 6.92 Å². The lowest BCUT2D eigenvalue weighted by Gasteiger charge is -2.07. The number of oxazole rings is 1. The van der Waals surface area contributed by atoms with Crippen molar-refractivity contribution < 1.29 is 23.4 Å². The van der Waals surface area contributed by atoms with Gasteiger partial charge in [-0.05, 0) is 61.5 Å². The van der Waals surface area contributed by atoms with E-state index >= 15 is 0 Å². The molecule has 1 heterocycles. The standard InChI is InChI=1S/C24H22N2O5/c1-4-30-18-7-5-6-15(12-18)23(27)25-17-9-11-20-19(14-17)26-24(31-20)16-8-10-21(28-2)22(13-16)29-3/h5-14H,4H2,1-3H3,(H,25,27). The fourth-order valence-corrected chi connectivity index (χ4v) is 3.19. The highest BCUT2D eigenvalue weighted by molar-refractivity contribution is 6.05. The Morgan fingerprint density at radius 2 is 1.84 bits per heavy atom. The van der Waals surface area contributed by atoms with Gasteiger partial charge in [-0.15, -0.1) is 0 Å². The van der Waals surface area contributed by atoms with E-state index in [1.807, 2.05) is 19.1 Å². The Labute approximate surface area is 179 Å². The van der Waals surface area contributed by atoms with E-state index in [1.165, 1.54) is 0 Å². The molecule has 7 heteroatoms. The first kappa shape index (κ1) is 20.3. The van der Waals surface area contributed by atoms with Gasteiger partial charge < -0.3 is 23.9 Å². The lowest BCUT2D eigenvalue weighted by atomic mass is 10.2. The summed E-state index contributed by atoms with van der Waals surface area (Å²) in [6.07, 6.45) is 0. The lowest BCUT2D eigenvalue weighted by Crippen LogP contribution is -2.11. The van der Waals surface area contributed by atoms with Crippen LogP contribution >= 0.6 is 0 Å². The van der Waals surface area contributed by atoms with Gasteiger partial charge in [0.25, 0.3) is 5.91 Å². The summed E-state index contributed by atoms with van der Waals surface area (Å²) in [4.78, 5) is 17.2. The van der Waals surface area contributed by atoms with Crippen LogP contribution in [0.15, 0.2) is 65.1 Å². The van der Waals surface area contributed by atoms with E-state index in [1.54, 1.807) is 62.8 Å². The Balaban J connectivity index is 1.58. The zero-order chi connectivity index (χ0) is 21.8. The van der Waals surface area contributed by atoms with Crippen LogP contribution in [0.2, 0.25) is 0 Å². The molecule has 0 unspecified atom stereocenters. The molecular weight excluding hydrogens is 396 g/mol. The maximum Gasteiger partial charge on any atom is 0.255 e. The summed E-state index contributed by atoms with van der Waals surface area (Å²) in [6, 6.07) is 17.8. The van der Waals surface area contributed by atoms with E-state index in [0.717, 1.165) is 5.56 Å². The minimum absolute atomic E-state index is 0.232. The highest BCUT2D eigenvalue weighted by Gasteiger charge is 2.13. The van der Waals surface area contributed by atoms with Crippen LogP contribution in [0.5, 0.6) is 17.2 Å². The second-order valence-corrected chi connectivity index (χ2v) is 6.69. The number of carbonyl (C=O) groups excluding carboxylic acids is 1. The van der Waals surface area contributed by atoms with Gasteiger partial charge in [0, 0.05) is 16.8 Å². The summed E-state index contributed by atoms with van der Waals surface area (Å²) in [6.45, 7) is 2.44. The fraction of sp³-hybridized carbons (Fsp3) is 0.167. The molecule has 4 rings (SSSR count). The zero-order valence-corrected chi connectivity index (χ0v) is 17.5. The minimum Gasteiger partial charge on any atom is -0.494 e. The molecule has 0 aliphatic heterocycles. The first-order chi connectivity index (χ1) is 15.1. The van der Waals surface area contributed by atoms with Gasteiger partial charge in [0.2, 0.25) is 5.89 Å². The molecule has 0 saturated carbocycles. The summed E-state index contributed by atoms with van der Waals surface area (Å²) in [5.74, 6) is 2.08. The molecule has 0 atom stereocenters. The molecule has 0 bridgehead atoms. The Bertz CT molecular complexity index is 1230. The zero-order valence-electron chi connectivity index (χ0n) is 17.5. The maximum atomic E-state index is 12.6. The molecule has 0 radical (unpaired) electrons. The molecule has 1 amide bonds. The predicted molar refractivity (Wildman–Crippen MR) is 118 cm³/mol. The van der Waals surface area contributed by atoms with Gasteiger partial charge in [-0.25, -0.2) is 4.98 Å². The third kappa shape index (κ3) is 4.30. The molecule has 0 aliphatic rings. The van der Waals surface area contributed by atoms with Crippen LogP contribution in [-0.4, -0.2) is 31.7 Å². The molecule has 31 heavy (non-hydrogen) atoms. The Hall–Kier alpha value is -4.00. The lowest BCUT2D eigenvalue weighted by molar-refractivity contribution is 0.102. The number of amides is 1. The van der Waals surface area contributed by atoms with Crippen molar-refractivity contribution in [2.24, 2.45) is 0 Å². The van der Waals surface area contributed by atoms with Crippen LogP contribution in [0.4, 0.5) is 5.69 Å². The molecule has 4 aromatic rings. The molecule has 158 valence electrons. The highest BCUT2D eigenvalue weighted by Crippen LogP contribution is 2.33. The number of ether oxygens (including phenoxy) is 3. The number of fused-ring (bicyclic) bond motifs is 1. The molecule has 7 nitrogen and oxygen atoms in total. The van der Waals surface area contributed by atoms with Crippen LogP contribution in [0.1, 0.15) is 17.3 Å². The first-order valence-electron chi connectivity index (χ1n) is 9.78. The molecule has 0 spiro atoms. The number of benzene rings is 3. The van der Waals surface area contributed by atoms with E-state index < -0.39 is 0 Å². The van der Waals surface area contributed by atoms with Gasteiger partial charge in [-0.1, -0.05) is 6.07 Å². The van der Waals surface area contributed by atoms with Crippen molar-refractivity contribution in [1.82, 2.24) is 4.98 Å². The maximum absolute atomic E-state index is 12.6. The quantitative estimate of drug-likeness (QED) is 0.446. The van der Waals surface area contributed by atoms with Gasteiger partial charge in [0.15, 0.2) is 17.1 Å². The van der Waals surface area contributed by atoms with Gasteiger partial charge in [0.1, 0.15) is 11.3 Å². The molecular formula is C24H22N2O5. The third-order valence-corrected chi connectivity index (χ3v) is 4.68. The van der Waals surface area contributed by atoms with Crippen LogP contribution < -0.4 is 19.5 Å². The molecule has 1 aromatic heterocycles. The van der Waals surface area contributed by atoms with Gasteiger partial charge in [-0.2, -0.15) is 0 Å². The number of anilines is 1. The molecule has 1 N–H and O–H groups in total. The minimum atomic E-state index is -0.232.